The minimum Gasteiger partial charge on any atom is -0.303 e. The van der Waals surface area contributed by atoms with E-state index in [1.807, 2.05) is 32.0 Å². The molecule has 21 heavy (non-hydrogen) atoms. The standard InChI is InChI=1S/C16H18ClN3O/c1-10(2)20-15(13(17)9-19-20)16(21)14-12-6-4-3-5-11(12)7-8-18-14/h3-6,9-10,14,18H,7-8H2,1-2H3. The van der Waals surface area contributed by atoms with Crippen LogP contribution in [0.4, 0.5) is 0 Å². The summed E-state index contributed by atoms with van der Waals surface area (Å²) in [5, 5.41) is 7.95. The molecule has 1 aromatic carbocycles. The Hall–Kier alpha value is -1.65. The molecule has 0 saturated carbocycles. The Morgan fingerprint density at radius 1 is 1.43 bits per heavy atom. The highest BCUT2D eigenvalue weighted by atomic mass is 35.5. The Morgan fingerprint density at radius 2 is 2.19 bits per heavy atom. The second-order valence-corrected chi connectivity index (χ2v) is 5.99. The van der Waals surface area contributed by atoms with Gasteiger partial charge in [0.05, 0.1) is 17.3 Å². The number of carbonyl (C=O) groups excluding carboxylic acids is 1. The van der Waals surface area contributed by atoms with Gasteiger partial charge in [0.15, 0.2) is 0 Å². The third-order valence-corrected chi connectivity index (χ3v) is 4.12. The van der Waals surface area contributed by atoms with E-state index in [0.717, 1.165) is 18.5 Å². The van der Waals surface area contributed by atoms with E-state index in [2.05, 4.69) is 16.5 Å². The number of fused-ring (bicyclic) bond motifs is 1. The van der Waals surface area contributed by atoms with Crippen molar-refractivity contribution in [3.8, 4) is 0 Å². The molecule has 0 fully saturated rings. The molecule has 0 spiro atoms. The second kappa shape index (κ2) is 5.62. The lowest BCUT2D eigenvalue weighted by molar-refractivity contribution is 0.0927. The molecule has 0 bridgehead atoms. The van der Waals surface area contributed by atoms with Gasteiger partial charge in [-0.1, -0.05) is 35.9 Å². The summed E-state index contributed by atoms with van der Waals surface area (Å²) in [5.74, 6) is -0.0154. The summed E-state index contributed by atoms with van der Waals surface area (Å²) in [6.45, 7) is 4.77. The molecule has 0 aliphatic carbocycles. The topological polar surface area (TPSA) is 46.9 Å². The van der Waals surface area contributed by atoms with Gasteiger partial charge in [0.2, 0.25) is 5.78 Å². The van der Waals surface area contributed by atoms with Crippen LogP contribution in [0.2, 0.25) is 5.02 Å². The Kier molecular flexibility index (Phi) is 3.83. The first-order valence-electron chi connectivity index (χ1n) is 7.18. The van der Waals surface area contributed by atoms with Crippen molar-refractivity contribution in [3.63, 3.8) is 0 Å². The second-order valence-electron chi connectivity index (χ2n) is 5.58. The first-order valence-corrected chi connectivity index (χ1v) is 7.55. The molecule has 2 aromatic rings. The minimum atomic E-state index is -0.346. The highest BCUT2D eigenvalue weighted by Crippen LogP contribution is 2.29. The molecule has 110 valence electrons. The molecule has 1 atom stereocenters. The van der Waals surface area contributed by atoms with Crippen molar-refractivity contribution in [1.29, 1.82) is 0 Å². The number of benzene rings is 1. The molecule has 1 unspecified atom stereocenters. The highest BCUT2D eigenvalue weighted by molar-refractivity contribution is 6.33. The lowest BCUT2D eigenvalue weighted by Gasteiger charge is -2.26. The van der Waals surface area contributed by atoms with E-state index in [-0.39, 0.29) is 17.9 Å². The molecule has 1 aliphatic rings. The molecule has 1 aliphatic heterocycles. The first-order chi connectivity index (χ1) is 10.1. The summed E-state index contributed by atoms with van der Waals surface area (Å²) in [5.41, 5.74) is 2.75. The normalized spacial score (nSPS) is 17.8. The predicted octanol–water partition coefficient (Wildman–Crippen LogP) is 3.19. The molecule has 3 rings (SSSR count). The van der Waals surface area contributed by atoms with Crippen LogP contribution >= 0.6 is 11.6 Å². The fourth-order valence-electron chi connectivity index (χ4n) is 2.84. The number of nitrogens with one attached hydrogen (secondary N) is 1. The Morgan fingerprint density at radius 3 is 2.95 bits per heavy atom. The third-order valence-electron chi connectivity index (χ3n) is 3.84. The van der Waals surface area contributed by atoms with Gasteiger partial charge in [0, 0.05) is 12.6 Å². The minimum absolute atomic E-state index is 0.0154. The van der Waals surface area contributed by atoms with Crippen molar-refractivity contribution in [1.82, 2.24) is 15.1 Å². The summed E-state index contributed by atoms with van der Waals surface area (Å²) < 4.78 is 1.70. The molecule has 0 amide bonds. The van der Waals surface area contributed by atoms with Crippen LogP contribution in [0.1, 0.15) is 47.5 Å². The maximum atomic E-state index is 13.0. The van der Waals surface area contributed by atoms with E-state index in [1.165, 1.54) is 5.56 Å². The van der Waals surface area contributed by atoms with Crippen LogP contribution in [0.3, 0.4) is 0 Å². The number of aromatic nitrogens is 2. The van der Waals surface area contributed by atoms with Gasteiger partial charge in [-0.3, -0.25) is 9.48 Å². The number of ketones is 1. The molecule has 2 heterocycles. The molecule has 1 aromatic heterocycles. The highest BCUT2D eigenvalue weighted by Gasteiger charge is 2.30. The van der Waals surface area contributed by atoms with Crippen molar-refractivity contribution in [2.24, 2.45) is 0 Å². The van der Waals surface area contributed by atoms with Gasteiger partial charge < -0.3 is 5.32 Å². The monoisotopic (exact) mass is 303 g/mol. The zero-order valence-electron chi connectivity index (χ0n) is 12.1. The number of carbonyl (C=O) groups is 1. The summed E-state index contributed by atoms with van der Waals surface area (Å²) in [7, 11) is 0. The van der Waals surface area contributed by atoms with Crippen molar-refractivity contribution < 1.29 is 4.79 Å². The lowest BCUT2D eigenvalue weighted by Crippen LogP contribution is -2.36. The first kappa shape index (κ1) is 14.3. The van der Waals surface area contributed by atoms with E-state index in [9.17, 15) is 4.79 Å². The predicted molar refractivity (Wildman–Crippen MR) is 82.8 cm³/mol. The Bertz CT molecular complexity index is 678. The molecule has 0 saturated heterocycles. The number of halogens is 1. The average molecular weight is 304 g/mol. The van der Waals surface area contributed by atoms with Gasteiger partial charge in [0.25, 0.3) is 0 Å². The largest absolute Gasteiger partial charge is 0.303 e. The molecule has 1 N–H and O–H groups in total. The van der Waals surface area contributed by atoms with Crippen LogP contribution in [-0.2, 0) is 6.42 Å². The lowest BCUT2D eigenvalue weighted by atomic mass is 9.91. The number of Topliss-reactive ketones (excluding diaryl/α,β-unsaturated/α-hetero) is 1. The summed E-state index contributed by atoms with van der Waals surface area (Å²) in [6.07, 6.45) is 2.49. The van der Waals surface area contributed by atoms with Crippen molar-refractivity contribution in [3.05, 3.63) is 52.3 Å². The van der Waals surface area contributed by atoms with Crippen molar-refractivity contribution in [2.75, 3.05) is 6.54 Å². The van der Waals surface area contributed by atoms with Gasteiger partial charge in [0.1, 0.15) is 5.69 Å². The van der Waals surface area contributed by atoms with E-state index in [4.69, 9.17) is 11.6 Å². The smallest absolute Gasteiger partial charge is 0.203 e. The van der Waals surface area contributed by atoms with Crippen LogP contribution in [0, 0.1) is 0 Å². The summed E-state index contributed by atoms with van der Waals surface area (Å²) >= 11 is 6.20. The summed E-state index contributed by atoms with van der Waals surface area (Å²) in [4.78, 5) is 13.0. The zero-order chi connectivity index (χ0) is 15.0. The fourth-order valence-corrected chi connectivity index (χ4v) is 3.06. The van der Waals surface area contributed by atoms with Crippen LogP contribution in [0.5, 0.6) is 0 Å². The van der Waals surface area contributed by atoms with E-state index in [0.29, 0.717) is 10.7 Å². The van der Waals surface area contributed by atoms with Crippen LogP contribution in [-0.4, -0.2) is 22.1 Å². The molecular formula is C16H18ClN3O. The maximum absolute atomic E-state index is 13.0. The number of hydrogen-bond donors (Lipinski definition) is 1. The molecule has 4 nitrogen and oxygen atoms in total. The number of rotatable bonds is 3. The van der Waals surface area contributed by atoms with Gasteiger partial charge >= 0.3 is 0 Å². The summed E-state index contributed by atoms with van der Waals surface area (Å²) in [6, 6.07) is 7.81. The van der Waals surface area contributed by atoms with Crippen LogP contribution in [0.25, 0.3) is 0 Å². The third kappa shape index (κ3) is 2.49. The fraction of sp³-hybridized carbons (Fsp3) is 0.375. The van der Waals surface area contributed by atoms with Crippen molar-refractivity contribution >= 4 is 17.4 Å². The Balaban J connectivity index is 2.03. The SMILES string of the molecule is CC(C)n1ncc(Cl)c1C(=O)C1NCCc2ccccc21. The van der Waals surface area contributed by atoms with E-state index < -0.39 is 0 Å². The van der Waals surface area contributed by atoms with Crippen LogP contribution in [0.15, 0.2) is 30.5 Å². The zero-order valence-corrected chi connectivity index (χ0v) is 12.9. The Labute approximate surface area is 129 Å². The van der Waals surface area contributed by atoms with Gasteiger partial charge in [-0.25, -0.2) is 0 Å². The number of nitrogens with zero attached hydrogens (tertiary/aromatic N) is 2. The van der Waals surface area contributed by atoms with Gasteiger partial charge in [-0.2, -0.15) is 5.10 Å². The molecular weight excluding hydrogens is 286 g/mol. The van der Waals surface area contributed by atoms with Crippen LogP contribution < -0.4 is 5.32 Å². The van der Waals surface area contributed by atoms with E-state index >= 15 is 0 Å². The molecule has 0 radical (unpaired) electrons. The molecule has 5 heteroatoms. The maximum Gasteiger partial charge on any atom is 0.203 e. The number of hydrogen-bond acceptors (Lipinski definition) is 3. The van der Waals surface area contributed by atoms with Crippen molar-refractivity contribution in [2.45, 2.75) is 32.4 Å². The van der Waals surface area contributed by atoms with E-state index in [1.54, 1.807) is 10.9 Å². The van der Waals surface area contributed by atoms with Gasteiger partial charge in [-0.15, -0.1) is 0 Å². The average Bonchev–Trinajstić information content (AvgIpc) is 2.88. The quantitative estimate of drug-likeness (QED) is 0.886. The van der Waals surface area contributed by atoms with Gasteiger partial charge in [-0.05, 0) is 31.4 Å².